The Balaban J connectivity index is 2.12. The number of esters is 1. The zero-order valence-electron chi connectivity index (χ0n) is 10.9. The largest absolute Gasteiger partial charge is 0.465 e. The van der Waals surface area contributed by atoms with Crippen LogP contribution in [0.15, 0.2) is 18.2 Å². The first-order valence-electron chi connectivity index (χ1n) is 6.37. The van der Waals surface area contributed by atoms with Crippen LogP contribution in [0.2, 0.25) is 5.02 Å². The van der Waals surface area contributed by atoms with Gasteiger partial charge in [-0.05, 0) is 43.1 Å². The van der Waals surface area contributed by atoms with Gasteiger partial charge < -0.3 is 9.84 Å². The summed E-state index contributed by atoms with van der Waals surface area (Å²) in [5, 5.41) is 10.3. The first-order valence-corrected chi connectivity index (χ1v) is 6.75. The number of benzene rings is 1. The third-order valence-corrected chi connectivity index (χ3v) is 3.71. The second-order valence-electron chi connectivity index (χ2n) is 4.83. The van der Waals surface area contributed by atoms with Crippen molar-refractivity contribution in [2.24, 2.45) is 0 Å². The molecule has 19 heavy (non-hydrogen) atoms. The molecule has 0 radical (unpaired) electrons. The molecule has 5 heteroatoms. The molecule has 1 N–H and O–H groups in total. The van der Waals surface area contributed by atoms with Crippen LogP contribution in [-0.2, 0) is 11.3 Å². The van der Waals surface area contributed by atoms with Crippen molar-refractivity contribution in [2.75, 3.05) is 20.2 Å². The van der Waals surface area contributed by atoms with Crippen molar-refractivity contribution in [3.05, 3.63) is 34.3 Å². The number of methoxy groups -OCH3 is 1. The Labute approximate surface area is 117 Å². The number of likely N-dealkylation sites (tertiary alicyclic amines) is 1. The molecule has 0 bridgehead atoms. The molecule has 1 aliphatic rings. The van der Waals surface area contributed by atoms with Crippen molar-refractivity contribution < 1.29 is 14.6 Å². The van der Waals surface area contributed by atoms with E-state index in [9.17, 15) is 9.90 Å². The average Bonchev–Trinajstić information content (AvgIpc) is 2.40. The normalized spacial score (nSPS) is 20.3. The fourth-order valence-corrected chi connectivity index (χ4v) is 2.53. The van der Waals surface area contributed by atoms with Crippen molar-refractivity contribution in [3.63, 3.8) is 0 Å². The highest BCUT2D eigenvalue weighted by molar-refractivity contribution is 6.31. The van der Waals surface area contributed by atoms with E-state index >= 15 is 0 Å². The van der Waals surface area contributed by atoms with E-state index in [1.807, 2.05) is 0 Å². The van der Waals surface area contributed by atoms with Crippen molar-refractivity contribution in [3.8, 4) is 0 Å². The van der Waals surface area contributed by atoms with Gasteiger partial charge in [0.15, 0.2) is 0 Å². The van der Waals surface area contributed by atoms with Crippen LogP contribution in [0.4, 0.5) is 0 Å². The zero-order valence-corrected chi connectivity index (χ0v) is 11.7. The molecule has 0 amide bonds. The summed E-state index contributed by atoms with van der Waals surface area (Å²) in [5.74, 6) is -0.364. The quantitative estimate of drug-likeness (QED) is 0.863. The molecule has 1 saturated heterocycles. The molecule has 4 nitrogen and oxygen atoms in total. The fraction of sp³-hybridized carbons (Fsp3) is 0.500. The molecule has 1 atom stereocenters. The van der Waals surface area contributed by atoms with E-state index in [2.05, 4.69) is 4.90 Å². The molecule has 1 aromatic rings. The topological polar surface area (TPSA) is 49.8 Å². The first-order chi connectivity index (χ1) is 9.10. The number of halogens is 1. The number of hydrogen-bond donors (Lipinski definition) is 1. The molecule has 0 spiro atoms. The summed E-state index contributed by atoms with van der Waals surface area (Å²) in [7, 11) is 1.36. The number of piperidine rings is 1. The molecule has 0 saturated carbocycles. The smallest absolute Gasteiger partial charge is 0.337 e. The predicted molar refractivity (Wildman–Crippen MR) is 73.3 cm³/mol. The number of aliphatic hydroxyl groups is 1. The number of carbonyl (C=O) groups is 1. The van der Waals surface area contributed by atoms with Gasteiger partial charge in [-0.1, -0.05) is 11.6 Å². The highest BCUT2D eigenvalue weighted by Gasteiger charge is 2.19. The lowest BCUT2D eigenvalue weighted by molar-refractivity contribution is 0.0597. The van der Waals surface area contributed by atoms with Gasteiger partial charge in [-0.2, -0.15) is 0 Å². The Morgan fingerprint density at radius 1 is 1.58 bits per heavy atom. The van der Waals surface area contributed by atoms with E-state index < -0.39 is 0 Å². The molecular weight excluding hydrogens is 266 g/mol. The molecule has 1 fully saturated rings. The lowest BCUT2D eigenvalue weighted by Crippen LogP contribution is -2.37. The maximum Gasteiger partial charge on any atom is 0.337 e. The Bertz CT molecular complexity index is 464. The third-order valence-electron chi connectivity index (χ3n) is 3.34. The van der Waals surface area contributed by atoms with Crippen molar-refractivity contribution in [1.29, 1.82) is 0 Å². The number of nitrogens with zero attached hydrogens (tertiary/aromatic N) is 1. The molecule has 1 heterocycles. The van der Waals surface area contributed by atoms with Crippen molar-refractivity contribution >= 4 is 17.6 Å². The van der Waals surface area contributed by atoms with E-state index in [1.165, 1.54) is 7.11 Å². The molecule has 2 rings (SSSR count). The Hall–Kier alpha value is -1.10. The predicted octanol–water partition coefficient (Wildman–Crippen LogP) is 2.08. The van der Waals surface area contributed by atoms with Crippen LogP contribution in [0.25, 0.3) is 0 Å². The maximum absolute atomic E-state index is 11.5. The van der Waals surface area contributed by atoms with Crippen molar-refractivity contribution in [1.82, 2.24) is 4.90 Å². The number of rotatable bonds is 3. The van der Waals surface area contributed by atoms with E-state index in [4.69, 9.17) is 16.3 Å². The molecule has 1 unspecified atom stereocenters. The summed E-state index contributed by atoms with van der Waals surface area (Å²) in [4.78, 5) is 13.7. The van der Waals surface area contributed by atoms with Gasteiger partial charge in [0.05, 0.1) is 18.8 Å². The van der Waals surface area contributed by atoms with Gasteiger partial charge in [-0.15, -0.1) is 0 Å². The second-order valence-corrected chi connectivity index (χ2v) is 5.24. The monoisotopic (exact) mass is 283 g/mol. The van der Waals surface area contributed by atoms with Gasteiger partial charge >= 0.3 is 5.97 Å². The van der Waals surface area contributed by atoms with Crippen LogP contribution in [0.3, 0.4) is 0 Å². The summed E-state index contributed by atoms with van der Waals surface area (Å²) in [6.07, 6.45) is 1.57. The van der Waals surface area contributed by atoms with E-state index in [0.717, 1.165) is 24.9 Å². The van der Waals surface area contributed by atoms with Crippen LogP contribution in [0.5, 0.6) is 0 Å². The Morgan fingerprint density at radius 3 is 3.05 bits per heavy atom. The lowest BCUT2D eigenvalue weighted by Gasteiger charge is -2.30. The summed E-state index contributed by atoms with van der Waals surface area (Å²) in [6.45, 7) is 2.23. The minimum Gasteiger partial charge on any atom is -0.465 e. The SMILES string of the molecule is COC(=O)c1ccc(Cl)c(CN2CCCC(O)C2)c1. The minimum absolute atomic E-state index is 0.267. The summed E-state index contributed by atoms with van der Waals surface area (Å²) < 4.78 is 4.70. The minimum atomic E-state index is -0.364. The Morgan fingerprint density at radius 2 is 2.37 bits per heavy atom. The number of aliphatic hydroxyl groups excluding tert-OH is 1. The number of carbonyl (C=O) groups excluding carboxylic acids is 1. The molecule has 0 aromatic heterocycles. The van der Waals surface area contributed by atoms with Gasteiger partial charge in [0.25, 0.3) is 0 Å². The average molecular weight is 284 g/mol. The summed E-state index contributed by atoms with van der Waals surface area (Å²) >= 11 is 6.16. The van der Waals surface area contributed by atoms with Gasteiger partial charge in [0, 0.05) is 18.1 Å². The highest BCUT2D eigenvalue weighted by atomic mass is 35.5. The number of hydrogen-bond acceptors (Lipinski definition) is 4. The van der Waals surface area contributed by atoms with E-state index in [1.54, 1.807) is 18.2 Å². The van der Waals surface area contributed by atoms with Crippen molar-refractivity contribution in [2.45, 2.75) is 25.5 Å². The van der Waals surface area contributed by atoms with Crippen LogP contribution in [0.1, 0.15) is 28.8 Å². The molecule has 1 aromatic carbocycles. The fourth-order valence-electron chi connectivity index (χ4n) is 2.36. The molecule has 104 valence electrons. The lowest BCUT2D eigenvalue weighted by atomic mass is 10.1. The van der Waals surface area contributed by atoms with Gasteiger partial charge in [-0.3, -0.25) is 4.90 Å². The van der Waals surface area contributed by atoms with Gasteiger partial charge in [0.2, 0.25) is 0 Å². The van der Waals surface area contributed by atoms with E-state index in [0.29, 0.717) is 23.7 Å². The van der Waals surface area contributed by atoms with E-state index in [-0.39, 0.29) is 12.1 Å². The number of ether oxygens (including phenoxy) is 1. The second kappa shape index (κ2) is 6.37. The van der Waals surface area contributed by atoms with Crippen LogP contribution >= 0.6 is 11.6 Å². The van der Waals surface area contributed by atoms with Crippen LogP contribution < -0.4 is 0 Å². The van der Waals surface area contributed by atoms with Crippen LogP contribution in [0, 0.1) is 0 Å². The standard InChI is InChI=1S/C14H18ClNO3/c1-19-14(18)10-4-5-13(15)11(7-10)8-16-6-2-3-12(17)9-16/h4-5,7,12,17H,2-3,6,8-9H2,1H3. The first kappa shape index (κ1) is 14.3. The highest BCUT2D eigenvalue weighted by Crippen LogP contribution is 2.22. The van der Waals surface area contributed by atoms with Gasteiger partial charge in [0.1, 0.15) is 0 Å². The molecular formula is C14H18ClNO3. The molecule has 0 aliphatic carbocycles. The molecule has 1 aliphatic heterocycles. The Kier molecular flexibility index (Phi) is 4.80. The van der Waals surface area contributed by atoms with Gasteiger partial charge in [-0.25, -0.2) is 4.79 Å². The van der Waals surface area contributed by atoms with Crippen LogP contribution in [-0.4, -0.2) is 42.3 Å². The summed E-state index contributed by atoms with van der Waals surface area (Å²) in [5.41, 5.74) is 1.39. The third kappa shape index (κ3) is 3.69. The maximum atomic E-state index is 11.5. The zero-order chi connectivity index (χ0) is 13.8. The summed E-state index contributed by atoms with van der Waals surface area (Å²) in [6, 6.07) is 5.13. The number of β-amino-alcohol motifs (C(OH)–C–C–N with tert-alkyl or cyclic N) is 1.